The van der Waals surface area contributed by atoms with Gasteiger partial charge in [0.25, 0.3) is 11.8 Å². The molecule has 0 saturated heterocycles. The first kappa shape index (κ1) is 16.2. The van der Waals surface area contributed by atoms with Crippen molar-refractivity contribution in [1.82, 2.24) is 10.9 Å². The lowest BCUT2D eigenvalue weighted by molar-refractivity contribution is 0.0844. The number of halogens is 4. The van der Waals surface area contributed by atoms with Crippen molar-refractivity contribution in [3.05, 3.63) is 69.2 Å². The fraction of sp³-hybridized carbons (Fsp3) is 0. The van der Waals surface area contributed by atoms with Crippen LogP contribution in [0.25, 0.3) is 0 Å². The smallest absolute Gasteiger partial charge is 0.267 e. The van der Waals surface area contributed by atoms with E-state index in [2.05, 4.69) is 0 Å². The van der Waals surface area contributed by atoms with Gasteiger partial charge < -0.3 is 0 Å². The largest absolute Gasteiger partial charge is 0.272 e. The Balaban J connectivity index is 2.09. The molecule has 0 aliphatic carbocycles. The molecule has 0 unspecified atom stereocenters. The molecule has 0 aliphatic rings. The highest BCUT2D eigenvalue weighted by atomic mass is 35.5. The van der Waals surface area contributed by atoms with Crippen molar-refractivity contribution in [3.63, 3.8) is 0 Å². The van der Waals surface area contributed by atoms with Crippen molar-refractivity contribution in [3.8, 4) is 0 Å². The van der Waals surface area contributed by atoms with Crippen LogP contribution in [0.15, 0.2) is 36.4 Å². The van der Waals surface area contributed by atoms with E-state index in [-0.39, 0.29) is 21.2 Å². The normalized spacial score (nSPS) is 10.2. The third-order valence-corrected chi connectivity index (χ3v) is 3.26. The van der Waals surface area contributed by atoms with E-state index < -0.39 is 23.4 Å². The molecule has 0 saturated carbocycles. The molecule has 2 N–H and O–H groups in total. The summed E-state index contributed by atoms with van der Waals surface area (Å²) in [4.78, 5) is 23.5. The maximum Gasteiger partial charge on any atom is 0.272 e. The number of carbonyl (C=O) groups is 2. The molecule has 114 valence electrons. The standard InChI is InChI=1S/C14H8Cl2F2N2O2/c15-9-6-10(16)12(18)5-8(9)14(22)20-19-13(21)7-3-1-2-4-11(7)17/h1-6H,(H,19,21)(H,20,22). The van der Waals surface area contributed by atoms with Crippen LogP contribution in [0.1, 0.15) is 20.7 Å². The second-order valence-corrected chi connectivity index (χ2v) is 4.95. The average molecular weight is 345 g/mol. The minimum Gasteiger partial charge on any atom is -0.267 e. The van der Waals surface area contributed by atoms with Crippen molar-refractivity contribution < 1.29 is 18.4 Å². The molecular weight excluding hydrogens is 337 g/mol. The minimum absolute atomic E-state index is 0.0935. The number of rotatable bonds is 2. The fourth-order valence-electron chi connectivity index (χ4n) is 1.59. The Morgan fingerprint density at radius 1 is 0.818 bits per heavy atom. The summed E-state index contributed by atoms with van der Waals surface area (Å²) in [5, 5.41) is -0.332. The first-order valence-electron chi connectivity index (χ1n) is 5.90. The summed E-state index contributed by atoms with van der Waals surface area (Å²) in [5.74, 6) is -3.32. The fourth-order valence-corrected chi connectivity index (χ4v) is 2.06. The number of hydrogen-bond donors (Lipinski definition) is 2. The number of nitrogens with one attached hydrogen (secondary N) is 2. The molecule has 0 atom stereocenters. The predicted octanol–water partition coefficient (Wildman–Crippen LogP) is 3.35. The van der Waals surface area contributed by atoms with Crippen LogP contribution in [-0.2, 0) is 0 Å². The lowest BCUT2D eigenvalue weighted by Gasteiger charge is -2.09. The van der Waals surface area contributed by atoms with Gasteiger partial charge in [-0.3, -0.25) is 20.4 Å². The Morgan fingerprint density at radius 2 is 1.41 bits per heavy atom. The second-order valence-electron chi connectivity index (χ2n) is 4.13. The van der Waals surface area contributed by atoms with Gasteiger partial charge in [0.1, 0.15) is 11.6 Å². The Morgan fingerprint density at radius 3 is 2.05 bits per heavy atom. The molecule has 0 spiro atoms. The highest BCUT2D eigenvalue weighted by Crippen LogP contribution is 2.24. The monoisotopic (exact) mass is 344 g/mol. The van der Waals surface area contributed by atoms with Gasteiger partial charge in [0.15, 0.2) is 0 Å². The first-order chi connectivity index (χ1) is 10.4. The molecule has 2 aromatic rings. The van der Waals surface area contributed by atoms with Crippen LogP contribution >= 0.6 is 23.2 Å². The molecule has 0 fully saturated rings. The van der Waals surface area contributed by atoms with Crippen molar-refractivity contribution >= 4 is 35.0 Å². The van der Waals surface area contributed by atoms with E-state index in [0.717, 1.165) is 18.2 Å². The van der Waals surface area contributed by atoms with Crippen LogP contribution in [0.4, 0.5) is 8.78 Å². The molecule has 0 heterocycles. The van der Waals surface area contributed by atoms with Crippen LogP contribution in [-0.4, -0.2) is 11.8 Å². The summed E-state index contributed by atoms with van der Waals surface area (Å²) in [7, 11) is 0. The van der Waals surface area contributed by atoms with Crippen molar-refractivity contribution in [2.75, 3.05) is 0 Å². The SMILES string of the molecule is O=C(NNC(=O)c1cc(F)c(Cl)cc1Cl)c1ccccc1F. The third-order valence-electron chi connectivity index (χ3n) is 2.66. The maximum absolute atomic E-state index is 13.4. The summed E-state index contributed by atoms with van der Waals surface area (Å²) in [6, 6.07) is 7.11. The molecule has 0 aliphatic heterocycles. The Bertz CT molecular complexity index is 754. The van der Waals surface area contributed by atoms with E-state index in [4.69, 9.17) is 23.2 Å². The van der Waals surface area contributed by atoms with E-state index in [0.29, 0.717) is 0 Å². The van der Waals surface area contributed by atoms with Crippen molar-refractivity contribution in [2.24, 2.45) is 0 Å². The van der Waals surface area contributed by atoms with Crippen molar-refractivity contribution in [1.29, 1.82) is 0 Å². The maximum atomic E-state index is 13.4. The molecule has 22 heavy (non-hydrogen) atoms. The Kier molecular flexibility index (Phi) is 4.95. The van der Waals surface area contributed by atoms with Crippen LogP contribution in [0, 0.1) is 11.6 Å². The van der Waals surface area contributed by atoms with Gasteiger partial charge in [-0.25, -0.2) is 8.78 Å². The quantitative estimate of drug-likeness (QED) is 0.648. The average Bonchev–Trinajstić information content (AvgIpc) is 2.48. The Hall–Kier alpha value is -2.18. The number of amides is 2. The van der Waals surface area contributed by atoms with Gasteiger partial charge in [0, 0.05) is 0 Å². The lowest BCUT2D eigenvalue weighted by atomic mass is 10.2. The van der Waals surface area contributed by atoms with Gasteiger partial charge in [-0.15, -0.1) is 0 Å². The van der Waals surface area contributed by atoms with Gasteiger partial charge in [-0.05, 0) is 24.3 Å². The highest BCUT2D eigenvalue weighted by molar-refractivity contribution is 6.36. The lowest BCUT2D eigenvalue weighted by Crippen LogP contribution is -2.42. The number of carbonyl (C=O) groups excluding carboxylic acids is 2. The minimum atomic E-state index is -0.870. The number of hydrazine groups is 1. The molecule has 2 aromatic carbocycles. The van der Waals surface area contributed by atoms with E-state index >= 15 is 0 Å². The molecule has 2 amide bonds. The molecule has 4 nitrogen and oxygen atoms in total. The first-order valence-corrected chi connectivity index (χ1v) is 6.65. The van der Waals surface area contributed by atoms with Gasteiger partial charge >= 0.3 is 0 Å². The van der Waals surface area contributed by atoms with Gasteiger partial charge in [0.2, 0.25) is 0 Å². The van der Waals surface area contributed by atoms with E-state index in [1.807, 2.05) is 10.9 Å². The van der Waals surface area contributed by atoms with E-state index in [9.17, 15) is 18.4 Å². The predicted molar refractivity (Wildman–Crippen MR) is 77.8 cm³/mol. The van der Waals surface area contributed by atoms with Gasteiger partial charge in [-0.2, -0.15) is 0 Å². The zero-order valence-corrected chi connectivity index (χ0v) is 12.3. The second kappa shape index (κ2) is 6.72. The zero-order valence-electron chi connectivity index (χ0n) is 10.8. The Labute approximate surface area is 134 Å². The molecule has 2 rings (SSSR count). The summed E-state index contributed by atoms with van der Waals surface area (Å²) < 4.78 is 26.7. The van der Waals surface area contributed by atoms with Crippen LogP contribution < -0.4 is 10.9 Å². The summed E-state index contributed by atoms with van der Waals surface area (Å²) >= 11 is 11.3. The summed E-state index contributed by atoms with van der Waals surface area (Å²) in [5.41, 5.74) is 3.54. The summed E-state index contributed by atoms with van der Waals surface area (Å²) in [6.07, 6.45) is 0. The molecule has 0 bridgehead atoms. The number of benzene rings is 2. The molecule has 0 aromatic heterocycles. The van der Waals surface area contributed by atoms with Crippen molar-refractivity contribution in [2.45, 2.75) is 0 Å². The van der Waals surface area contributed by atoms with E-state index in [1.165, 1.54) is 18.2 Å². The summed E-state index contributed by atoms with van der Waals surface area (Å²) in [6.45, 7) is 0. The highest BCUT2D eigenvalue weighted by Gasteiger charge is 2.16. The zero-order chi connectivity index (χ0) is 16.3. The topological polar surface area (TPSA) is 58.2 Å². The van der Waals surface area contributed by atoms with E-state index in [1.54, 1.807) is 0 Å². The molecule has 8 heteroatoms. The third kappa shape index (κ3) is 3.52. The van der Waals surface area contributed by atoms with Crippen LogP contribution in [0.2, 0.25) is 10.0 Å². The van der Waals surface area contributed by atoms with Crippen LogP contribution in [0.3, 0.4) is 0 Å². The van der Waals surface area contributed by atoms with Crippen LogP contribution in [0.5, 0.6) is 0 Å². The molecule has 0 radical (unpaired) electrons. The molecular formula is C14H8Cl2F2N2O2. The number of hydrogen-bond acceptors (Lipinski definition) is 2. The van der Waals surface area contributed by atoms with Gasteiger partial charge in [0.05, 0.1) is 21.2 Å². The van der Waals surface area contributed by atoms with Gasteiger partial charge in [-0.1, -0.05) is 35.3 Å².